The van der Waals surface area contributed by atoms with Gasteiger partial charge in [-0.05, 0) is 30.7 Å². The molecule has 1 atom stereocenters. The minimum Gasteiger partial charge on any atom is -0.346 e. The zero-order chi connectivity index (χ0) is 16.9. The van der Waals surface area contributed by atoms with Crippen molar-refractivity contribution in [3.8, 4) is 0 Å². The lowest BCUT2D eigenvalue weighted by molar-refractivity contribution is 0.841. The molecule has 0 saturated heterocycles. The van der Waals surface area contributed by atoms with Crippen molar-refractivity contribution in [2.45, 2.75) is 13.0 Å². The Morgan fingerprint density at radius 2 is 1.71 bits per heavy atom. The van der Waals surface area contributed by atoms with E-state index in [9.17, 15) is 0 Å². The number of anilines is 3. The van der Waals surface area contributed by atoms with Crippen LogP contribution in [0.25, 0.3) is 0 Å². The molecule has 3 aromatic rings. The first kappa shape index (κ1) is 16.5. The van der Waals surface area contributed by atoms with E-state index in [1.165, 1.54) is 6.20 Å². The zero-order valence-corrected chi connectivity index (χ0v) is 14.4. The molecule has 7 heteroatoms. The molecule has 2 aromatic carbocycles. The third-order valence-electron chi connectivity index (χ3n) is 3.34. The van der Waals surface area contributed by atoms with Crippen LogP contribution in [0.5, 0.6) is 0 Å². The summed E-state index contributed by atoms with van der Waals surface area (Å²) in [7, 11) is 0. The predicted molar refractivity (Wildman–Crippen MR) is 98.1 cm³/mol. The van der Waals surface area contributed by atoms with Crippen molar-refractivity contribution in [3.63, 3.8) is 0 Å². The van der Waals surface area contributed by atoms with Gasteiger partial charge in [0, 0.05) is 15.7 Å². The summed E-state index contributed by atoms with van der Waals surface area (Å²) in [5.74, 6) is 0.982. The Bertz CT molecular complexity index is 806. The first-order valence-electron chi connectivity index (χ1n) is 7.34. The number of hydrogen-bond donors (Lipinski definition) is 2. The molecule has 0 radical (unpaired) electrons. The maximum absolute atomic E-state index is 6.00. The lowest BCUT2D eigenvalue weighted by Gasteiger charge is -2.14. The molecule has 1 heterocycles. The zero-order valence-electron chi connectivity index (χ0n) is 12.9. The number of halogens is 2. The molecular weight excluding hydrogens is 345 g/mol. The average Bonchev–Trinajstić information content (AvgIpc) is 2.55. The van der Waals surface area contributed by atoms with Gasteiger partial charge in [0.1, 0.15) is 0 Å². The molecule has 3 rings (SSSR count). The largest absolute Gasteiger partial charge is 0.346 e. The second kappa shape index (κ2) is 7.47. The van der Waals surface area contributed by atoms with Crippen LogP contribution in [0.1, 0.15) is 18.5 Å². The van der Waals surface area contributed by atoms with Crippen LogP contribution >= 0.6 is 23.2 Å². The number of nitrogens with one attached hydrogen (secondary N) is 2. The molecule has 0 aliphatic carbocycles. The van der Waals surface area contributed by atoms with Crippen LogP contribution in [0.3, 0.4) is 0 Å². The number of aromatic nitrogens is 3. The highest BCUT2D eigenvalue weighted by molar-refractivity contribution is 6.35. The number of nitrogens with zero attached hydrogens (tertiary/aromatic N) is 3. The quantitative estimate of drug-likeness (QED) is 0.663. The van der Waals surface area contributed by atoms with Crippen molar-refractivity contribution >= 4 is 40.7 Å². The molecule has 5 nitrogen and oxygen atoms in total. The van der Waals surface area contributed by atoms with Crippen LogP contribution in [0.2, 0.25) is 10.0 Å². The van der Waals surface area contributed by atoms with Crippen molar-refractivity contribution < 1.29 is 0 Å². The summed E-state index contributed by atoms with van der Waals surface area (Å²) >= 11 is 12.0. The van der Waals surface area contributed by atoms with Gasteiger partial charge in [-0.25, -0.2) is 0 Å². The first-order chi connectivity index (χ1) is 11.6. The summed E-state index contributed by atoms with van der Waals surface area (Å²) in [5.41, 5.74) is 1.87. The van der Waals surface area contributed by atoms with Gasteiger partial charge < -0.3 is 10.6 Å². The van der Waals surface area contributed by atoms with E-state index in [1.807, 2.05) is 37.3 Å². The van der Waals surface area contributed by atoms with Crippen molar-refractivity contribution in [2.24, 2.45) is 0 Å². The molecule has 2 N–H and O–H groups in total. The van der Waals surface area contributed by atoms with Crippen molar-refractivity contribution in [1.82, 2.24) is 15.2 Å². The molecule has 0 amide bonds. The Morgan fingerprint density at radius 1 is 1.00 bits per heavy atom. The van der Waals surface area contributed by atoms with Crippen LogP contribution in [-0.2, 0) is 0 Å². The number of benzene rings is 2. The van der Waals surface area contributed by atoms with E-state index in [-0.39, 0.29) is 6.04 Å². The summed E-state index contributed by atoms with van der Waals surface area (Å²) in [4.78, 5) is 4.41. The molecule has 122 valence electrons. The first-order valence-corrected chi connectivity index (χ1v) is 8.10. The van der Waals surface area contributed by atoms with Gasteiger partial charge in [0.05, 0.1) is 12.2 Å². The molecule has 0 fully saturated rings. The second-order valence-corrected chi connectivity index (χ2v) is 6.10. The van der Waals surface area contributed by atoms with Crippen LogP contribution in [-0.4, -0.2) is 15.2 Å². The minimum absolute atomic E-state index is 0.0591. The van der Waals surface area contributed by atoms with Crippen molar-refractivity contribution in [3.05, 3.63) is 70.3 Å². The van der Waals surface area contributed by atoms with Crippen molar-refractivity contribution in [2.75, 3.05) is 10.6 Å². The van der Waals surface area contributed by atoms with Gasteiger partial charge in [0.2, 0.25) is 5.95 Å². The van der Waals surface area contributed by atoms with Gasteiger partial charge in [-0.2, -0.15) is 10.1 Å². The third kappa shape index (κ3) is 4.34. The van der Waals surface area contributed by atoms with E-state index in [4.69, 9.17) is 23.2 Å². The molecular formula is C17H15Cl2N5. The maximum atomic E-state index is 6.00. The van der Waals surface area contributed by atoms with Gasteiger partial charge in [-0.3, -0.25) is 0 Å². The average molecular weight is 360 g/mol. The van der Waals surface area contributed by atoms with Crippen molar-refractivity contribution in [1.29, 1.82) is 0 Å². The van der Waals surface area contributed by atoms with Crippen LogP contribution < -0.4 is 10.6 Å². The number of hydrogen-bond acceptors (Lipinski definition) is 5. The van der Waals surface area contributed by atoms with E-state index in [1.54, 1.807) is 18.2 Å². The Balaban J connectivity index is 1.74. The fraction of sp³-hybridized carbons (Fsp3) is 0.118. The summed E-state index contributed by atoms with van der Waals surface area (Å²) in [6.07, 6.45) is 1.53. The monoisotopic (exact) mass is 359 g/mol. The molecule has 0 spiro atoms. The maximum Gasteiger partial charge on any atom is 0.245 e. The van der Waals surface area contributed by atoms with Crippen LogP contribution in [0, 0.1) is 0 Å². The van der Waals surface area contributed by atoms with Gasteiger partial charge in [0.15, 0.2) is 5.82 Å². The molecule has 0 bridgehead atoms. The molecule has 0 aliphatic rings. The molecule has 0 aliphatic heterocycles. The topological polar surface area (TPSA) is 62.7 Å². The van der Waals surface area contributed by atoms with Crippen LogP contribution in [0.4, 0.5) is 17.5 Å². The third-order valence-corrected chi connectivity index (χ3v) is 3.78. The van der Waals surface area contributed by atoms with Gasteiger partial charge >= 0.3 is 0 Å². The highest BCUT2D eigenvalue weighted by Gasteiger charge is 2.08. The summed E-state index contributed by atoms with van der Waals surface area (Å²) < 4.78 is 0. The molecule has 0 saturated carbocycles. The van der Waals surface area contributed by atoms with E-state index in [0.717, 1.165) is 11.3 Å². The highest BCUT2D eigenvalue weighted by Crippen LogP contribution is 2.25. The Labute approximate surface area is 150 Å². The number of rotatable bonds is 5. The molecule has 1 aromatic heterocycles. The predicted octanol–water partition coefficient (Wildman–Crippen LogP) is 5.10. The summed E-state index contributed by atoms with van der Waals surface area (Å²) in [5, 5.41) is 15.4. The highest BCUT2D eigenvalue weighted by atomic mass is 35.5. The van der Waals surface area contributed by atoms with E-state index < -0.39 is 0 Å². The summed E-state index contributed by atoms with van der Waals surface area (Å²) in [6, 6.07) is 15.3. The smallest absolute Gasteiger partial charge is 0.245 e. The SMILES string of the molecule is CC(Nc1nncc(Nc2cc(Cl)cc(Cl)c2)n1)c1ccccc1. The Kier molecular flexibility index (Phi) is 5.13. The van der Waals surface area contributed by atoms with E-state index in [2.05, 4.69) is 25.8 Å². The standard InChI is InChI=1S/C17H15Cl2N5/c1-11(12-5-3-2-4-6-12)21-17-23-16(10-20-24-17)22-15-8-13(18)7-14(19)9-15/h2-11H,1H3,(H2,21,22,23,24). The molecule has 1 unspecified atom stereocenters. The fourth-order valence-corrected chi connectivity index (χ4v) is 2.74. The summed E-state index contributed by atoms with van der Waals surface area (Å²) in [6.45, 7) is 2.04. The van der Waals surface area contributed by atoms with Gasteiger partial charge in [0.25, 0.3) is 0 Å². The van der Waals surface area contributed by atoms with E-state index >= 15 is 0 Å². The lowest BCUT2D eigenvalue weighted by Crippen LogP contribution is -2.10. The Hall–Kier alpha value is -2.37. The second-order valence-electron chi connectivity index (χ2n) is 5.23. The molecule has 24 heavy (non-hydrogen) atoms. The minimum atomic E-state index is 0.0591. The Morgan fingerprint density at radius 3 is 2.42 bits per heavy atom. The van der Waals surface area contributed by atoms with E-state index in [0.29, 0.717) is 21.8 Å². The fourth-order valence-electron chi connectivity index (χ4n) is 2.22. The lowest BCUT2D eigenvalue weighted by atomic mass is 10.1. The van der Waals surface area contributed by atoms with Gasteiger partial charge in [-0.15, -0.1) is 5.10 Å². The normalized spacial score (nSPS) is 11.8. The van der Waals surface area contributed by atoms with Crippen LogP contribution in [0.15, 0.2) is 54.7 Å². The van der Waals surface area contributed by atoms with Gasteiger partial charge in [-0.1, -0.05) is 53.5 Å².